The van der Waals surface area contributed by atoms with Crippen molar-refractivity contribution in [2.24, 2.45) is 11.7 Å². The Morgan fingerprint density at radius 3 is 2.50 bits per heavy atom. The molecule has 2 N–H and O–H groups in total. The van der Waals surface area contributed by atoms with Crippen molar-refractivity contribution in [3.8, 4) is 0 Å². The second kappa shape index (κ2) is 2.51. The maximum absolute atomic E-state index is 5.58. The van der Waals surface area contributed by atoms with Crippen molar-refractivity contribution >= 4 is 0 Å². The molecule has 0 bridgehead atoms. The van der Waals surface area contributed by atoms with Crippen LogP contribution in [0.2, 0.25) is 0 Å². The van der Waals surface area contributed by atoms with Crippen LogP contribution in [0.25, 0.3) is 0 Å². The fourth-order valence-corrected chi connectivity index (χ4v) is 1.63. The summed E-state index contributed by atoms with van der Waals surface area (Å²) >= 11 is 0. The quantitative estimate of drug-likeness (QED) is 0.616. The van der Waals surface area contributed by atoms with Crippen molar-refractivity contribution in [3.63, 3.8) is 0 Å². The van der Waals surface area contributed by atoms with E-state index in [2.05, 4.69) is 4.90 Å². The number of hydrogen-bond donors (Lipinski definition) is 1. The summed E-state index contributed by atoms with van der Waals surface area (Å²) in [6, 6.07) is 0.737. The van der Waals surface area contributed by atoms with E-state index >= 15 is 0 Å². The van der Waals surface area contributed by atoms with Crippen LogP contribution < -0.4 is 5.73 Å². The third-order valence-corrected chi connectivity index (χ3v) is 2.73. The molecule has 0 aromatic carbocycles. The first-order chi connectivity index (χ1) is 4.90. The second-order valence-electron chi connectivity index (χ2n) is 3.62. The van der Waals surface area contributed by atoms with Gasteiger partial charge in [0.1, 0.15) is 0 Å². The monoisotopic (exact) mass is 140 g/mol. The maximum Gasteiger partial charge on any atom is 0.0230 e. The molecule has 1 atom stereocenters. The van der Waals surface area contributed by atoms with Crippen LogP contribution in [0.15, 0.2) is 0 Å². The molecule has 0 aromatic rings. The molecule has 0 spiro atoms. The standard InChI is InChI=1S/C8H16N2/c9-5-8-3-4-10(8)6-7-1-2-7/h7-8H,1-6,9H2. The van der Waals surface area contributed by atoms with E-state index in [1.165, 1.54) is 32.4 Å². The number of hydrogen-bond acceptors (Lipinski definition) is 2. The van der Waals surface area contributed by atoms with Gasteiger partial charge >= 0.3 is 0 Å². The van der Waals surface area contributed by atoms with Gasteiger partial charge < -0.3 is 5.73 Å². The Morgan fingerprint density at radius 1 is 1.30 bits per heavy atom. The van der Waals surface area contributed by atoms with Gasteiger partial charge in [-0.25, -0.2) is 0 Å². The fraction of sp³-hybridized carbons (Fsp3) is 1.00. The molecule has 58 valence electrons. The molecule has 0 aromatic heterocycles. The summed E-state index contributed by atoms with van der Waals surface area (Å²) in [5, 5.41) is 0. The lowest BCUT2D eigenvalue weighted by Gasteiger charge is -2.40. The number of rotatable bonds is 3. The van der Waals surface area contributed by atoms with E-state index in [1.54, 1.807) is 0 Å². The van der Waals surface area contributed by atoms with Gasteiger partial charge in [-0.1, -0.05) is 0 Å². The highest BCUT2D eigenvalue weighted by Crippen LogP contribution is 2.32. The first-order valence-electron chi connectivity index (χ1n) is 4.34. The lowest BCUT2D eigenvalue weighted by molar-refractivity contribution is 0.0912. The van der Waals surface area contributed by atoms with Crippen molar-refractivity contribution in [1.29, 1.82) is 0 Å². The molecule has 1 heterocycles. The minimum absolute atomic E-state index is 0.737. The zero-order chi connectivity index (χ0) is 6.97. The van der Waals surface area contributed by atoms with Crippen molar-refractivity contribution in [3.05, 3.63) is 0 Å². The highest BCUT2D eigenvalue weighted by Gasteiger charge is 2.32. The molecule has 2 aliphatic rings. The summed E-state index contributed by atoms with van der Waals surface area (Å²) in [5.74, 6) is 1.04. The Labute approximate surface area is 62.4 Å². The Morgan fingerprint density at radius 2 is 2.10 bits per heavy atom. The fourth-order valence-electron chi connectivity index (χ4n) is 1.63. The molecule has 1 saturated carbocycles. The Kier molecular flexibility index (Phi) is 1.66. The van der Waals surface area contributed by atoms with Crippen molar-refractivity contribution in [2.75, 3.05) is 19.6 Å². The van der Waals surface area contributed by atoms with Crippen LogP contribution in [0.5, 0.6) is 0 Å². The average Bonchev–Trinajstić information content (AvgIpc) is 2.64. The lowest BCUT2D eigenvalue weighted by Crippen LogP contribution is -2.52. The topological polar surface area (TPSA) is 29.3 Å². The van der Waals surface area contributed by atoms with Crippen molar-refractivity contribution < 1.29 is 0 Å². The van der Waals surface area contributed by atoms with Gasteiger partial charge in [0.05, 0.1) is 0 Å². The molecule has 1 aliphatic carbocycles. The summed E-state index contributed by atoms with van der Waals surface area (Å²) in [7, 11) is 0. The van der Waals surface area contributed by atoms with E-state index in [9.17, 15) is 0 Å². The van der Waals surface area contributed by atoms with Crippen molar-refractivity contribution in [2.45, 2.75) is 25.3 Å². The van der Waals surface area contributed by atoms with E-state index in [4.69, 9.17) is 5.73 Å². The van der Waals surface area contributed by atoms with Gasteiger partial charge in [0, 0.05) is 25.7 Å². The molecular weight excluding hydrogens is 124 g/mol. The van der Waals surface area contributed by atoms with Gasteiger partial charge in [-0.15, -0.1) is 0 Å². The molecule has 0 amide bonds. The van der Waals surface area contributed by atoms with Gasteiger partial charge in [-0.3, -0.25) is 4.90 Å². The van der Waals surface area contributed by atoms with E-state index < -0.39 is 0 Å². The number of likely N-dealkylation sites (tertiary alicyclic amines) is 1. The van der Waals surface area contributed by atoms with Crippen LogP contribution in [0.3, 0.4) is 0 Å². The molecule has 1 saturated heterocycles. The zero-order valence-electron chi connectivity index (χ0n) is 6.42. The predicted octanol–water partition coefficient (Wildman–Crippen LogP) is 0.429. The molecule has 2 fully saturated rings. The third kappa shape index (κ3) is 1.18. The summed E-state index contributed by atoms with van der Waals surface area (Å²) in [6.45, 7) is 3.51. The van der Waals surface area contributed by atoms with E-state index in [1.807, 2.05) is 0 Å². The van der Waals surface area contributed by atoms with E-state index in [0.29, 0.717) is 0 Å². The summed E-state index contributed by atoms with van der Waals surface area (Å²) < 4.78 is 0. The maximum atomic E-state index is 5.58. The van der Waals surface area contributed by atoms with Gasteiger partial charge in [0.25, 0.3) is 0 Å². The molecule has 1 aliphatic heterocycles. The Bertz CT molecular complexity index is 118. The van der Waals surface area contributed by atoms with Gasteiger partial charge in [-0.2, -0.15) is 0 Å². The van der Waals surface area contributed by atoms with Crippen LogP contribution in [-0.2, 0) is 0 Å². The zero-order valence-corrected chi connectivity index (χ0v) is 6.42. The predicted molar refractivity (Wildman–Crippen MR) is 41.8 cm³/mol. The Hall–Kier alpha value is -0.0800. The van der Waals surface area contributed by atoms with E-state index in [0.717, 1.165) is 18.5 Å². The molecule has 0 radical (unpaired) electrons. The lowest BCUT2D eigenvalue weighted by atomic mass is 10.0. The molecule has 1 unspecified atom stereocenters. The van der Waals surface area contributed by atoms with Crippen LogP contribution in [0.1, 0.15) is 19.3 Å². The normalized spacial score (nSPS) is 33.9. The molecule has 2 nitrogen and oxygen atoms in total. The Balaban J connectivity index is 1.71. The minimum Gasteiger partial charge on any atom is -0.329 e. The highest BCUT2D eigenvalue weighted by atomic mass is 15.2. The van der Waals surface area contributed by atoms with Gasteiger partial charge in [0.2, 0.25) is 0 Å². The van der Waals surface area contributed by atoms with Gasteiger partial charge in [-0.05, 0) is 25.2 Å². The smallest absolute Gasteiger partial charge is 0.0230 e. The molecule has 2 heteroatoms. The van der Waals surface area contributed by atoms with Crippen LogP contribution in [0.4, 0.5) is 0 Å². The third-order valence-electron chi connectivity index (χ3n) is 2.73. The summed E-state index contributed by atoms with van der Waals surface area (Å²) in [5.41, 5.74) is 5.58. The largest absolute Gasteiger partial charge is 0.329 e. The molecule has 2 rings (SSSR count). The van der Waals surface area contributed by atoms with Crippen molar-refractivity contribution in [1.82, 2.24) is 4.90 Å². The van der Waals surface area contributed by atoms with Crippen LogP contribution in [-0.4, -0.2) is 30.6 Å². The number of nitrogens with zero attached hydrogens (tertiary/aromatic N) is 1. The van der Waals surface area contributed by atoms with E-state index in [-0.39, 0.29) is 0 Å². The summed E-state index contributed by atoms with van der Waals surface area (Å²) in [4.78, 5) is 2.54. The van der Waals surface area contributed by atoms with Gasteiger partial charge in [0.15, 0.2) is 0 Å². The van der Waals surface area contributed by atoms with Crippen LogP contribution in [0, 0.1) is 5.92 Å². The molecule has 10 heavy (non-hydrogen) atoms. The molecular formula is C8H16N2. The second-order valence-corrected chi connectivity index (χ2v) is 3.62. The minimum atomic E-state index is 0.737. The number of nitrogens with two attached hydrogens (primary N) is 1. The highest BCUT2D eigenvalue weighted by molar-refractivity contribution is 4.87. The SMILES string of the molecule is NCC1CCN1CC1CC1. The first-order valence-corrected chi connectivity index (χ1v) is 4.34. The van der Waals surface area contributed by atoms with Crippen LogP contribution >= 0.6 is 0 Å². The summed E-state index contributed by atoms with van der Waals surface area (Å²) in [6.07, 6.45) is 4.27. The first kappa shape index (κ1) is 6.62. The average molecular weight is 140 g/mol.